The fraction of sp³-hybridized carbons (Fsp3) is 0.316. The molecule has 0 fully saturated rings. The van der Waals surface area contributed by atoms with Crippen molar-refractivity contribution in [1.29, 1.82) is 0 Å². The summed E-state index contributed by atoms with van der Waals surface area (Å²) in [5, 5.41) is 9.24. The fourth-order valence-electron chi connectivity index (χ4n) is 2.17. The van der Waals surface area contributed by atoms with E-state index in [0.717, 1.165) is 16.7 Å². The molecule has 0 aliphatic carbocycles. The van der Waals surface area contributed by atoms with Crippen LogP contribution in [0.25, 0.3) is 0 Å². The van der Waals surface area contributed by atoms with Crippen LogP contribution in [-0.4, -0.2) is 11.1 Å². The lowest BCUT2D eigenvalue weighted by atomic mass is 10.0. The SMILES string of the molecule is Cc1ccc(C(C)C)cc1OC(=O)CCc1ccc(O)cc1. The second-order valence-electron chi connectivity index (χ2n) is 5.82. The van der Waals surface area contributed by atoms with Crippen molar-refractivity contribution in [2.75, 3.05) is 0 Å². The molecule has 0 atom stereocenters. The first kappa shape index (κ1) is 16.1. The molecule has 0 aromatic heterocycles. The topological polar surface area (TPSA) is 46.5 Å². The zero-order chi connectivity index (χ0) is 16.1. The number of esters is 1. The molecule has 0 amide bonds. The van der Waals surface area contributed by atoms with Gasteiger partial charge in [-0.05, 0) is 54.2 Å². The Morgan fingerprint density at radius 1 is 1.14 bits per heavy atom. The van der Waals surface area contributed by atoms with Gasteiger partial charge >= 0.3 is 5.97 Å². The van der Waals surface area contributed by atoms with Gasteiger partial charge in [0.1, 0.15) is 11.5 Å². The number of hydrogen-bond acceptors (Lipinski definition) is 3. The number of benzene rings is 2. The zero-order valence-electron chi connectivity index (χ0n) is 13.3. The number of aromatic hydroxyl groups is 1. The van der Waals surface area contributed by atoms with Crippen LogP contribution in [0.2, 0.25) is 0 Å². The first-order valence-electron chi connectivity index (χ1n) is 7.55. The van der Waals surface area contributed by atoms with E-state index in [-0.39, 0.29) is 11.7 Å². The number of carbonyl (C=O) groups excluding carboxylic acids is 1. The van der Waals surface area contributed by atoms with Crippen LogP contribution in [0.15, 0.2) is 42.5 Å². The molecule has 3 heteroatoms. The molecule has 2 rings (SSSR count). The predicted molar refractivity (Wildman–Crippen MR) is 87.3 cm³/mol. The van der Waals surface area contributed by atoms with Gasteiger partial charge in [-0.15, -0.1) is 0 Å². The number of aryl methyl sites for hydroxylation is 2. The largest absolute Gasteiger partial charge is 0.508 e. The molecule has 0 bridgehead atoms. The first-order valence-corrected chi connectivity index (χ1v) is 7.55. The molecule has 1 N–H and O–H groups in total. The predicted octanol–water partition coefficient (Wildman–Crippen LogP) is 4.36. The van der Waals surface area contributed by atoms with E-state index in [1.54, 1.807) is 12.1 Å². The average Bonchev–Trinajstić information content (AvgIpc) is 2.48. The first-order chi connectivity index (χ1) is 10.5. The highest BCUT2D eigenvalue weighted by Gasteiger charge is 2.10. The zero-order valence-corrected chi connectivity index (χ0v) is 13.3. The number of rotatable bonds is 5. The molecule has 116 valence electrons. The lowest BCUT2D eigenvalue weighted by Crippen LogP contribution is -2.10. The van der Waals surface area contributed by atoms with E-state index in [2.05, 4.69) is 19.9 Å². The van der Waals surface area contributed by atoms with Crippen LogP contribution in [-0.2, 0) is 11.2 Å². The Labute approximate surface area is 131 Å². The van der Waals surface area contributed by atoms with Crippen molar-refractivity contribution in [2.45, 2.75) is 39.5 Å². The van der Waals surface area contributed by atoms with Gasteiger partial charge in [-0.25, -0.2) is 0 Å². The molecule has 0 saturated heterocycles. The summed E-state index contributed by atoms with van der Waals surface area (Å²) in [6, 6.07) is 12.9. The van der Waals surface area contributed by atoms with Crippen molar-refractivity contribution in [3.8, 4) is 11.5 Å². The Bertz CT molecular complexity index is 642. The van der Waals surface area contributed by atoms with Gasteiger partial charge in [0.15, 0.2) is 0 Å². The monoisotopic (exact) mass is 298 g/mol. The standard InChI is InChI=1S/C19H22O3/c1-13(2)16-8-4-14(3)18(12-16)22-19(21)11-7-15-5-9-17(20)10-6-15/h4-6,8-10,12-13,20H,7,11H2,1-3H3. The summed E-state index contributed by atoms with van der Waals surface area (Å²) < 4.78 is 5.49. The number of carbonyl (C=O) groups is 1. The van der Waals surface area contributed by atoms with Crippen molar-refractivity contribution in [3.63, 3.8) is 0 Å². The minimum atomic E-state index is -0.239. The summed E-state index contributed by atoms with van der Waals surface area (Å²) in [7, 11) is 0. The maximum atomic E-state index is 12.0. The van der Waals surface area contributed by atoms with E-state index in [1.165, 1.54) is 0 Å². The summed E-state index contributed by atoms with van der Waals surface area (Å²) in [4.78, 5) is 12.0. The van der Waals surface area contributed by atoms with Gasteiger partial charge in [0.2, 0.25) is 0 Å². The molecule has 3 nitrogen and oxygen atoms in total. The van der Waals surface area contributed by atoms with Gasteiger partial charge in [-0.2, -0.15) is 0 Å². The molecule has 0 aliphatic rings. The van der Waals surface area contributed by atoms with E-state index in [4.69, 9.17) is 4.74 Å². The number of phenols is 1. The van der Waals surface area contributed by atoms with Crippen molar-refractivity contribution >= 4 is 5.97 Å². The van der Waals surface area contributed by atoms with Crippen LogP contribution in [0.5, 0.6) is 11.5 Å². The van der Waals surface area contributed by atoms with Crippen molar-refractivity contribution in [3.05, 3.63) is 59.2 Å². The highest BCUT2D eigenvalue weighted by Crippen LogP contribution is 2.24. The molecular formula is C19H22O3. The molecule has 0 unspecified atom stereocenters. The maximum Gasteiger partial charge on any atom is 0.311 e. The van der Waals surface area contributed by atoms with Gasteiger partial charge in [0, 0.05) is 6.42 Å². The molecule has 0 spiro atoms. The van der Waals surface area contributed by atoms with E-state index >= 15 is 0 Å². The van der Waals surface area contributed by atoms with E-state index < -0.39 is 0 Å². The quantitative estimate of drug-likeness (QED) is 0.659. The average molecular weight is 298 g/mol. The molecule has 2 aromatic carbocycles. The molecular weight excluding hydrogens is 276 g/mol. The number of ether oxygens (including phenoxy) is 1. The highest BCUT2D eigenvalue weighted by molar-refractivity contribution is 5.73. The Morgan fingerprint density at radius 2 is 1.82 bits per heavy atom. The molecule has 0 saturated carbocycles. The third kappa shape index (κ3) is 4.35. The maximum absolute atomic E-state index is 12.0. The Kier molecular flexibility index (Phi) is 5.21. The summed E-state index contributed by atoms with van der Waals surface area (Å²) in [5.41, 5.74) is 3.12. The third-order valence-corrected chi connectivity index (χ3v) is 3.66. The van der Waals surface area contributed by atoms with Gasteiger partial charge in [-0.1, -0.05) is 38.1 Å². The minimum absolute atomic E-state index is 0.229. The van der Waals surface area contributed by atoms with Crippen LogP contribution in [0.1, 0.15) is 42.9 Å². The number of phenolic OH excluding ortho intramolecular Hbond substituents is 1. The van der Waals surface area contributed by atoms with Crippen LogP contribution >= 0.6 is 0 Å². The van der Waals surface area contributed by atoms with Gasteiger partial charge in [0.05, 0.1) is 0 Å². The second kappa shape index (κ2) is 7.12. The van der Waals surface area contributed by atoms with E-state index in [1.807, 2.05) is 31.2 Å². The Morgan fingerprint density at radius 3 is 2.45 bits per heavy atom. The van der Waals surface area contributed by atoms with Crippen LogP contribution < -0.4 is 4.74 Å². The van der Waals surface area contributed by atoms with Crippen molar-refractivity contribution in [1.82, 2.24) is 0 Å². The molecule has 0 aliphatic heterocycles. The van der Waals surface area contributed by atoms with Crippen molar-refractivity contribution < 1.29 is 14.6 Å². The van der Waals surface area contributed by atoms with Crippen LogP contribution in [0.3, 0.4) is 0 Å². The molecule has 22 heavy (non-hydrogen) atoms. The third-order valence-electron chi connectivity index (χ3n) is 3.66. The lowest BCUT2D eigenvalue weighted by molar-refractivity contribution is -0.134. The molecule has 2 aromatic rings. The Hall–Kier alpha value is -2.29. The molecule has 0 heterocycles. The van der Waals surface area contributed by atoms with Gasteiger partial charge < -0.3 is 9.84 Å². The van der Waals surface area contributed by atoms with Gasteiger partial charge in [-0.3, -0.25) is 4.79 Å². The van der Waals surface area contributed by atoms with Gasteiger partial charge in [0.25, 0.3) is 0 Å². The Balaban J connectivity index is 1.97. The smallest absolute Gasteiger partial charge is 0.311 e. The van der Waals surface area contributed by atoms with E-state index in [0.29, 0.717) is 24.5 Å². The lowest BCUT2D eigenvalue weighted by Gasteiger charge is -2.11. The van der Waals surface area contributed by atoms with Crippen LogP contribution in [0, 0.1) is 6.92 Å². The van der Waals surface area contributed by atoms with Crippen molar-refractivity contribution in [2.24, 2.45) is 0 Å². The summed E-state index contributed by atoms with van der Waals surface area (Å²) >= 11 is 0. The summed E-state index contributed by atoms with van der Waals surface area (Å²) in [6.45, 7) is 6.16. The highest BCUT2D eigenvalue weighted by atomic mass is 16.5. The van der Waals surface area contributed by atoms with E-state index in [9.17, 15) is 9.90 Å². The minimum Gasteiger partial charge on any atom is -0.508 e. The summed E-state index contributed by atoms with van der Waals surface area (Å²) in [5.74, 6) is 1.03. The fourth-order valence-corrected chi connectivity index (χ4v) is 2.17. The number of hydrogen-bond donors (Lipinski definition) is 1. The normalized spacial score (nSPS) is 10.7. The second-order valence-corrected chi connectivity index (χ2v) is 5.82. The van der Waals surface area contributed by atoms with Crippen LogP contribution in [0.4, 0.5) is 0 Å². The molecule has 0 radical (unpaired) electrons. The summed E-state index contributed by atoms with van der Waals surface area (Å²) in [6.07, 6.45) is 0.915.